The van der Waals surface area contributed by atoms with E-state index >= 15 is 0 Å². The van der Waals surface area contributed by atoms with Crippen molar-refractivity contribution in [2.45, 2.75) is 45.1 Å². The zero-order valence-electron chi connectivity index (χ0n) is 11.3. The molecule has 2 fully saturated rings. The molecule has 0 aromatic heterocycles. The summed E-state index contributed by atoms with van der Waals surface area (Å²) in [6, 6.07) is 0. The molecule has 0 atom stereocenters. The first-order valence-corrected chi connectivity index (χ1v) is 7.80. The summed E-state index contributed by atoms with van der Waals surface area (Å²) >= 11 is 1.76. The van der Waals surface area contributed by atoms with Crippen LogP contribution in [0.5, 0.6) is 0 Å². The Kier molecular flexibility index (Phi) is 4.54. The van der Waals surface area contributed by atoms with Crippen LogP contribution in [-0.4, -0.2) is 35.5 Å². The van der Waals surface area contributed by atoms with Gasteiger partial charge in [-0.05, 0) is 18.8 Å². The lowest BCUT2D eigenvalue weighted by atomic mass is 10.0. The Bertz CT molecular complexity index is 335. The summed E-state index contributed by atoms with van der Waals surface area (Å²) in [6.45, 7) is 5.15. The maximum absolute atomic E-state index is 11.6. The molecule has 102 valence electrons. The average molecular weight is 269 g/mol. The third-order valence-electron chi connectivity index (χ3n) is 3.49. The van der Waals surface area contributed by atoms with Gasteiger partial charge < -0.3 is 10.6 Å². The second kappa shape index (κ2) is 5.95. The van der Waals surface area contributed by atoms with Crippen molar-refractivity contribution in [3.05, 3.63) is 0 Å². The largest absolute Gasteiger partial charge is 0.359 e. The number of rotatable bonds is 4. The van der Waals surface area contributed by atoms with Crippen LogP contribution in [0.2, 0.25) is 0 Å². The lowest BCUT2D eigenvalue weighted by Gasteiger charge is -2.21. The highest BCUT2D eigenvalue weighted by atomic mass is 32.2. The van der Waals surface area contributed by atoms with Crippen LogP contribution in [0.1, 0.15) is 39.5 Å². The van der Waals surface area contributed by atoms with Crippen molar-refractivity contribution >= 4 is 22.8 Å². The van der Waals surface area contributed by atoms with Gasteiger partial charge >= 0.3 is 0 Å². The maximum atomic E-state index is 11.6. The molecule has 2 N–H and O–H groups in total. The summed E-state index contributed by atoms with van der Waals surface area (Å²) in [5.74, 6) is 1.62. The quantitative estimate of drug-likeness (QED) is 0.818. The average Bonchev–Trinajstić information content (AvgIpc) is 2.95. The maximum Gasteiger partial charge on any atom is 0.241 e. The van der Waals surface area contributed by atoms with Crippen LogP contribution in [0.3, 0.4) is 0 Å². The van der Waals surface area contributed by atoms with E-state index in [9.17, 15) is 4.79 Å². The minimum absolute atomic E-state index is 0.0194. The topological polar surface area (TPSA) is 53.5 Å². The van der Waals surface area contributed by atoms with Gasteiger partial charge in [-0.25, -0.2) is 0 Å². The van der Waals surface area contributed by atoms with E-state index in [4.69, 9.17) is 0 Å². The molecule has 0 radical (unpaired) electrons. The predicted molar refractivity (Wildman–Crippen MR) is 76.9 cm³/mol. The fourth-order valence-electron chi connectivity index (χ4n) is 2.43. The number of carbonyl (C=O) groups excluding carboxylic acids is 1. The molecule has 0 unspecified atom stereocenters. The molecule has 1 heterocycles. The predicted octanol–water partition coefficient (Wildman–Crippen LogP) is 1.76. The second-order valence-electron chi connectivity index (χ2n) is 5.72. The molecular weight excluding hydrogens is 246 g/mol. The standard InChI is InChI=1S/C13H23N3OS/c1-10(2)7-14-11(17)8-15-12-16-13(9-18-12)5-3-4-6-13/h10H,3-9H2,1-2H3,(H,14,17)(H,15,16). The molecule has 2 rings (SSSR count). The van der Waals surface area contributed by atoms with Gasteiger partial charge in [0, 0.05) is 17.8 Å². The SMILES string of the molecule is CC(C)CNC(=O)CN=C1NC2(CCCC2)CS1. The monoisotopic (exact) mass is 269 g/mol. The normalized spacial score (nSPS) is 23.8. The zero-order valence-corrected chi connectivity index (χ0v) is 12.1. The van der Waals surface area contributed by atoms with E-state index < -0.39 is 0 Å². The number of hydrogen-bond acceptors (Lipinski definition) is 3. The Labute approximate surface area is 113 Å². The fourth-order valence-corrected chi connectivity index (χ4v) is 3.65. The van der Waals surface area contributed by atoms with Crippen molar-refractivity contribution in [2.24, 2.45) is 10.9 Å². The zero-order chi connectivity index (χ0) is 13.0. The van der Waals surface area contributed by atoms with E-state index in [1.165, 1.54) is 25.7 Å². The number of aliphatic imine (C=N–C) groups is 1. The van der Waals surface area contributed by atoms with Crippen molar-refractivity contribution in [3.63, 3.8) is 0 Å². The number of nitrogens with zero attached hydrogens (tertiary/aromatic N) is 1. The summed E-state index contributed by atoms with van der Waals surface area (Å²) in [4.78, 5) is 15.9. The molecule has 18 heavy (non-hydrogen) atoms. The van der Waals surface area contributed by atoms with Crippen LogP contribution in [0.15, 0.2) is 4.99 Å². The van der Waals surface area contributed by atoms with Crippen LogP contribution in [0.4, 0.5) is 0 Å². The smallest absolute Gasteiger partial charge is 0.241 e. The van der Waals surface area contributed by atoms with Gasteiger partial charge in [0.05, 0.1) is 0 Å². The third kappa shape index (κ3) is 3.64. The van der Waals surface area contributed by atoms with E-state index in [2.05, 4.69) is 29.5 Å². The van der Waals surface area contributed by atoms with Crippen LogP contribution < -0.4 is 10.6 Å². The number of amides is 1. The van der Waals surface area contributed by atoms with Crippen molar-refractivity contribution in [3.8, 4) is 0 Å². The lowest BCUT2D eigenvalue weighted by Crippen LogP contribution is -2.41. The van der Waals surface area contributed by atoms with Crippen LogP contribution >= 0.6 is 11.8 Å². The molecule has 1 spiro atoms. The molecule has 0 aromatic carbocycles. The molecule has 0 bridgehead atoms. The van der Waals surface area contributed by atoms with Crippen LogP contribution in [-0.2, 0) is 4.79 Å². The minimum Gasteiger partial charge on any atom is -0.359 e. The van der Waals surface area contributed by atoms with E-state index in [1.54, 1.807) is 11.8 Å². The highest BCUT2D eigenvalue weighted by Gasteiger charge is 2.39. The minimum atomic E-state index is 0.0194. The first-order valence-electron chi connectivity index (χ1n) is 6.82. The van der Waals surface area contributed by atoms with Crippen LogP contribution in [0, 0.1) is 5.92 Å². The number of carbonyl (C=O) groups is 1. The van der Waals surface area contributed by atoms with Gasteiger partial charge in [-0.1, -0.05) is 38.5 Å². The molecule has 1 amide bonds. The molecule has 1 saturated heterocycles. The highest BCUT2D eigenvalue weighted by Crippen LogP contribution is 2.37. The molecule has 2 aliphatic rings. The summed E-state index contributed by atoms with van der Waals surface area (Å²) in [5.41, 5.74) is 0.290. The van der Waals surface area contributed by atoms with E-state index in [-0.39, 0.29) is 18.0 Å². The Balaban J connectivity index is 1.75. The van der Waals surface area contributed by atoms with E-state index in [0.29, 0.717) is 5.92 Å². The number of hydrogen-bond donors (Lipinski definition) is 2. The summed E-state index contributed by atoms with van der Waals surface area (Å²) in [6.07, 6.45) is 5.13. The summed E-state index contributed by atoms with van der Waals surface area (Å²) in [7, 11) is 0. The van der Waals surface area contributed by atoms with Crippen molar-refractivity contribution in [2.75, 3.05) is 18.8 Å². The third-order valence-corrected chi connectivity index (χ3v) is 4.69. The van der Waals surface area contributed by atoms with Gasteiger partial charge in [0.2, 0.25) is 5.91 Å². The Morgan fingerprint density at radius 3 is 2.89 bits per heavy atom. The highest BCUT2D eigenvalue weighted by molar-refractivity contribution is 8.14. The van der Waals surface area contributed by atoms with Crippen LogP contribution in [0.25, 0.3) is 0 Å². The van der Waals surface area contributed by atoms with E-state index in [1.807, 2.05) is 0 Å². The fraction of sp³-hybridized carbons (Fsp3) is 0.846. The van der Waals surface area contributed by atoms with Gasteiger partial charge in [0.1, 0.15) is 6.54 Å². The first-order chi connectivity index (χ1) is 8.60. The number of nitrogens with one attached hydrogen (secondary N) is 2. The molecule has 0 aromatic rings. The summed E-state index contributed by atoms with van der Waals surface area (Å²) < 4.78 is 0. The number of amidine groups is 1. The molecule has 4 nitrogen and oxygen atoms in total. The van der Waals surface area contributed by atoms with E-state index in [0.717, 1.165) is 17.5 Å². The summed E-state index contributed by atoms with van der Waals surface area (Å²) in [5, 5.41) is 7.36. The first kappa shape index (κ1) is 13.7. The van der Waals surface area contributed by atoms with Crippen molar-refractivity contribution in [1.29, 1.82) is 0 Å². The molecule has 1 aliphatic heterocycles. The molecule has 1 aliphatic carbocycles. The van der Waals surface area contributed by atoms with Crippen molar-refractivity contribution in [1.82, 2.24) is 10.6 Å². The number of thioether (sulfide) groups is 1. The molecule has 5 heteroatoms. The lowest BCUT2D eigenvalue weighted by molar-refractivity contribution is -0.119. The Morgan fingerprint density at radius 1 is 1.50 bits per heavy atom. The second-order valence-corrected chi connectivity index (χ2v) is 6.68. The molecule has 1 saturated carbocycles. The van der Waals surface area contributed by atoms with Crippen molar-refractivity contribution < 1.29 is 4.79 Å². The Hall–Kier alpha value is -0.710. The van der Waals surface area contributed by atoms with Gasteiger partial charge in [0.15, 0.2) is 5.17 Å². The van der Waals surface area contributed by atoms with Gasteiger partial charge in [0.25, 0.3) is 0 Å². The Morgan fingerprint density at radius 2 is 2.22 bits per heavy atom. The molecular formula is C13H23N3OS. The van der Waals surface area contributed by atoms with Gasteiger partial charge in [-0.2, -0.15) is 0 Å². The van der Waals surface area contributed by atoms with Gasteiger partial charge in [-0.15, -0.1) is 0 Å². The van der Waals surface area contributed by atoms with Gasteiger partial charge in [-0.3, -0.25) is 9.79 Å².